The summed E-state index contributed by atoms with van der Waals surface area (Å²) in [4.78, 5) is 10.4. The zero-order chi connectivity index (χ0) is 14.2. The summed E-state index contributed by atoms with van der Waals surface area (Å²) in [5.41, 5.74) is 0.995. The summed E-state index contributed by atoms with van der Waals surface area (Å²) in [5.74, 6) is 2.18. The van der Waals surface area contributed by atoms with Crippen molar-refractivity contribution < 1.29 is 4.74 Å². The molecule has 21 heavy (non-hydrogen) atoms. The van der Waals surface area contributed by atoms with E-state index in [1.807, 2.05) is 24.3 Å². The molecule has 0 spiro atoms. The van der Waals surface area contributed by atoms with Crippen LogP contribution in [-0.4, -0.2) is 32.7 Å². The van der Waals surface area contributed by atoms with Gasteiger partial charge in [-0.2, -0.15) is 19.6 Å². The maximum atomic E-state index is 6.12. The van der Waals surface area contributed by atoms with Crippen LogP contribution in [0.2, 0.25) is 5.15 Å². The Hall–Kier alpha value is -2.34. The molecule has 0 unspecified atom stereocenters. The van der Waals surface area contributed by atoms with E-state index in [2.05, 4.69) is 20.0 Å². The molecule has 1 aliphatic rings. The van der Waals surface area contributed by atoms with Gasteiger partial charge in [-0.3, -0.25) is 0 Å². The van der Waals surface area contributed by atoms with Crippen molar-refractivity contribution in [3.05, 3.63) is 41.8 Å². The minimum absolute atomic E-state index is 0.396. The lowest BCUT2D eigenvalue weighted by Crippen LogP contribution is -2.21. The quantitative estimate of drug-likeness (QED) is 0.647. The zero-order valence-corrected chi connectivity index (χ0v) is 11.9. The average molecular weight is 302 g/mol. The third-order valence-electron chi connectivity index (χ3n) is 3.42. The molecule has 0 radical (unpaired) electrons. The van der Waals surface area contributed by atoms with Crippen LogP contribution in [0.3, 0.4) is 0 Å². The van der Waals surface area contributed by atoms with E-state index in [0.29, 0.717) is 17.5 Å². The Morgan fingerprint density at radius 1 is 1.24 bits per heavy atom. The SMILES string of the molecule is Clc1cc(N2CCCOc3ccccc32)n2ncnc2n1. The summed E-state index contributed by atoms with van der Waals surface area (Å²) in [6, 6.07) is 9.74. The fourth-order valence-electron chi connectivity index (χ4n) is 2.53. The second-order valence-corrected chi connectivity index (χ2v) is 5.12. The molecule has 3 heterocycles. The summed E-state index contributed by atoms with van der Waals surface area (Å²) in [6.07, 6.45) is 2.38. The van der Waals surface area contributed by atoms with E-state index in [0.717, 1.165) is 30.2 Å². The predicted octanol–water partition coefficient (Wildman–Crippen LogP) is 2.70. The van der Waals surface area contributed by atoms with Gasteiger partial charge < -0.3 is 9.64 Å². The van der Waals surface area contributed by atoms with E-state index in [-0.39, 0.29) is 0 Å². The van der Waals surface area contributed by atoms with Crippen molar-refractivity contribution >= 4 is 28.9 Å². The second-order valence-electron chi connectivity index (χ2n) is 4.73. The number of ether oxygens (including phenoxy) is 1. The molecule has 0 saturated carbocycles. The van der Waals surface area contributed by atoms with E-state index in [9.17, 15) is 0 Å². The van der Waals surface area contributed by atoms with Gasteiger partial charge in [-0.1, -0.05) is 23.7 Å². The van der Waals surface area contributed by atoms with Crippen LogP contribution in [0.4, 0.5) is 11.5 Å². The highest BCUT2D eigenvalue weighted by Crippen LogP contribution is 2.36. The van der Waals surface area contributed by atoms with E-state index in [1.54, 1.807) is 10.6 Å². The van der Waals surface area contributed by atoms with Gasteiger partial charge in [-0.25, -0.2) is 0 Å². The molecule has 0 N–H and O–H groups in total. The van der Waals surface area contributed by atoms with E-state index < -0.39 is 0 Å². The maximum absolute atomic E-state index is 6.12. The lowest BCUT2D eigenvalue weighted by atomic mass is 10.2. The topological polar surface area (TPSA) is 55.6 Å². The maximum Gasteiger partial charge on any atom is 0.255 e. The number of fused-ring (bicyclic) bond motifs is 2. The zero-order valence-electron chi connectivity index (χ0n) is 11.1. The molecule has 7 heteroatoms. The molecule has 106 valence electrons. The van der Waals surface area contributed by atoms with Gasteiger partial charge in [-0.15, -0.1) is 0 Å². The highest BCUT2D eigenvalue weighted by molar-refractivity contribution is 6.29. The molecule has 1 aliphatic heterocycles. The summed E-state index contributed by atoms with van der Waals surface area (Å²) >= 11 is 6.12. The summed E-state index contributed by atoms with van der Waals surface area (Å²) in [5, 5.41) is 4.64. The van der Waals surface area contributed by atoms with Crippen LogP contribution < -0.4 is 9.64 Å². The van der Waals surface area contributed by atoms with Crippen molar-refractivity contribution in [3.63, 3.8) is 0 Å². The molecule has 0 saturated heterocycles. The molecular formula is C14H12ClN5O. The smallest absolute Gasteiger partial charge is 0.255 e. The number of rotatable bonds is 1. The van der Waals surface area contributed by atoms with Gasteiger partial charge in [0.2, 0.25) is 0 Å². The Bertz CT molecular complexity index is 803. The molecule has 0 fully saturated rings. The predicted molar refractivity (Wildman–Crippen MR) is 79.4 cm³/mol. The molecule has 1 aromatic carbocycles. The van der Waals surface area contributed by atoms with E-state index in [1.165, 1.54) is 6.33 Å². The van der Waals surface area contributed by atoms with E-state index in [4.69, 9.17) is 16.3 Å². The molecule has 0 bridgehead atoms. The standard InChI is InChI=1S/C14H12ClN5O/c15-12-8-13(20-14(18-12)16-9-17-20)19-6-3-7-21-11-5-2-1-4-10(11)19/h1-2,4-5,8-9H,3,6-7H2. The number of aromatic nitrogens is 4. The first-order valence-corrected chi connectivity index (χ1v) is 7.06. The van der Waals surface area contributed by atoms with Gasteiger partial charge in [-0.05, 0) is 18.6 Å². The fraction of sp³-hybridized carbons (Fsp3) is 0.214. The molecule has 0 amide bonds. The summed E-state index contributed by atoms with van der Waals surface area (Å²) in [7, 11) is 0. The number of para-hydroxylation sites is 2. The van der Waals surface area contributed by atoms with Crippen LogP contribution in [-0.2, 0) is 0 Å². The molecule has 0 aliphatic carbocycles. The average Bonchev–Trinajstić information content (AvgIpc) is 2.85. The monoisotopic (exact) mass is 301 g/mol. The normalized spacial score (nSPS) is 14.6. The van der Waals surface area contributed by atoms with Crippen LogP contribution >= 0.6 is 11.6 Å². The van der Waals surface area contributed by atoms with Gasteiger partial charge in [0, 0.05) is 12.6 Å². The first kappa shape index (κ1) is 12.4. The number of nitrogens with zero attached hydrogens (tertiary/aromatic N) is 5. The second kappa shape index (κ2) is 4.89. The summed E-state index contributed by atoms with van der Waals surface area (Å²) < 4.78 is 7.48. The first-order valence-electron chi connectivity index (χ1n) is 6.68. The Kier molecular flexibility index (Phi) is 2.89. The fourth-order valence-corrected chi connectivity index (χ4v) is 2.70. The highest BCUT2D eigenvalue weighted by Gasteiger charge is 2.21. The van der Waals surface area contributed by atoms with Gasteiger partial charge in [0.15, 0.2) is 0 Å². The van der Waals surface area contributed by atoms with Crippen molar-refractivity contribution in [2.45, 2.75) is 6.42 Å². The third-order valence-corrected chi connectivity index (χ3v) is 3.61. The van der Waals surface area contributed by atoms with Gasteiger partial charge in [0.05, 0.1) is 12.3 Å². The first-order chi connectivity index (χ1) is 10.3. The van der Waals surface area contributed by atoms with Gasteiger partial charge in [0.1, 0.15) is 23.0 Å². The lowest BCUT2D eigenvalue weighted by Gasteiger charge is -2.23. The third kappa shape index (κ3) is 2.08. The molecule has 0 atom stereocenters. The number of anilines is 2. The van der Waals surface area contributed by atoms with Crippen LogP contribution in [0.25, 0.3) is 5.78 Å². The molecule has 6 nitrogen and oxygen atoms in total. The van der Waals surface area contributed by atoms with Gasteiger partial charge in [0.25, 0.3) is 5.78 Å². The molecule has 2 aromatic heterocycles. The number of hydrogen-bond donors (Lipinski definition) is 0. The Balaban J connectivity index is 1.94. The van der Waals surface area contributed by atoms with Crippen molar-refractivity contribution in [1.82, 2.24) is 19.6 Å². The van der Waals surface area contributed by atoms with Crippen LogP contribution in [0, 0.1) is 0 Å². The number of benzene rings is 1. The Morgan fingerprint density at radius 2 is 2.14 bits per heavy atom. The van der Waals surface area contributed by atoms with Crippen molar-refractivity contribution in [3.8, 4) is 5.75 Å². The highest BCUT2D eigenvalue weighted by atomic mass is 35.5. The molecule has 3 aromatic rings. The van der Waals surface area contributed by atoms with Crippen LogP contribution in [0.1, 0.15) is 6.42 Å². The molecular weight excluding hydrogens is 290 g/mol. The minimum Gasteiger partial charge on any atom is -0.491 e. The van der Waals surface area contributed by atoms with Gasteiger partial charge >= 0.3 is 0 Å². The Morgan fingerprint density at radius 3 is 3.10 bits per heavy atom. The summed E-state index contributed by atoms with van der Waals surface area (Å²) in [6.45, 7) is 1.50. The Labute approximate surface area is 125 Å². The van der Waals surface area contributed by atoms with Crippen molar-refractivity contribution in [1.29, 1.82) is 0 Å². The lowest BCUT2D eigenvalue weighted by molar-refractivity contribution is 0.322. The van der Waals surface area contributed by atoms with Crippen LogP contribution in [0.15, 0.2) is 36.7 Å². The minimum atomic E-state index is 0.396. The molecule has 4 rings (SSSR count). The van der Waals surface area contributed by atoms with Crippen LogP contribution in [0.5, 0.6) is 5.75 Å². The largest absolute Gasteiger partial charge is 0.491 e. The number of hydrogen-bond acceptors (Lipinski definition) is 5. The van der Waals surface area contributed by atoms with Crippen molar-refractivity contribution in [2.24, 2.45) is 0 Å². The number of halogens is 1. The van der Waals surface area contributed by atoms with Crippen molar-refractivity contribution in [2.75, 3.05) is 18.1 Å². The van der Waals surface area contributed by atoms with E-state index >= 15 is 0 Å².